The number of nitrogens with zero attached hydrogens (tertiary/aromatic N) is 2. The van der Waals surface area contributed by atoms with Crippen LogP contribution in [0.3, 0.4) is 0 Å². The number of rotatable bonds is 10. The molecule has 0 aromatic heterocycles. The molecule has 5 nitrogen and oxygen atoms in total. The smallest absolute Gasteiger partial charge is 0.119 e. The number of hydrogen-bond acceptors (Lipinski definition) is 5. The minimum atomic E-state index is -0.182. The normalized spacial score (nSPS) is 14.7. The van der Waals surface area contributed by atoms with E-state index in [0.717, 1.165) is 63.5 Å². The van der Waals surface area contributed by atoms with E-state index in [2.05, 4.69) is 72.2 Å². The Bertz CT molecular complexity index is 1050. The van der Waals surface area contributed by atoms with Crippen LogP contribution in [0.4, 0.5) is 5.69 Å². The lowest BCUT2D eigenvalue weighted by Crippen LogP contribution is -2.36. The van der Waals surface area contributed by atoms with Gasteiger partial charge in [0.15, 0.2) is 0 Å². The summed E-state index contributed by atoms with van der Waals surface area (Å²) in [4.78, 5) is 4.79. The number of hydrogen-bond donors (Lipinski definition) is 1. The maximum absolute atomic E-state index is 10.00. The summed E-state index contributed by atoms with van der Waals surface area (Å²) in [6.45, 7) is 9.88. The molecule has 1 heterocycles. The van der Waals surface area contributed by atoms with Crippen molar-refractivity contribution in [3.8, 4) is 11.5 Å². The molecule has 1 aliphatic rings. The quantitative estimate of drug-likeness (QED) is 0.453. The summed E-state index contributed by atoms with van der Waals surface area (Å²) in [5.74, 6) is 1.79. The summed E-state index contributed by atoms with van der Waals surface area (Å²) in [5.41, 5.74) is 3.86. The number of fused-ring (bicyclic) bond motifs is 1. The van der Waals surface area contributed by atoms with Crippen LogP contribution < -0.4 is 14.4 Å². The van der Waals surface area contributed by atoms with Gasteiger partial charge in [0.2, 0.25) is 0 Å². The molecule has 1 fully saturated rings. The lowest BCUT2D eigenvalue weighted by molar-refractivity contribution is 0.145. The van der Waals surface area contributed by atoms with Gasteiger partial charge in [-0.15, -0.1) is 0 Å². The van der Waals surface area contributed by atoms with Crippen LogP contribution in [0.25, 0.3) is 10.8 Å². The Kier molecular flexibility index (Phi) is 8.30. The molecule has 3 aromatic carbocycles. The molecular weight excluding hydrogens is 424 g/mol. The molecule has 0 amide bonds. The number of anilines is 1. The van der Waals surface area contributed by atoms with Gasteiger partial charge < -0.3 is 24.4 Å². The Labute approximate surface area is 203 Å². The Morgan fingerprint density at radius 2 is 1.65 bits per heavy atom. The number of aliphatic hydroxyl groups excluding tert-OH is 1. The number of piperidine rings is 1. The third-order valence-corrected chi connectivity index (χ3v) is 6.99. The Morgan fingerprint density at radius 3 is 2.32 bits per heavy atom. The van der Waals surface area contributed by atoms with Crippen molar-refractivity contribution in [3.63, 3.8) is 0 Å². The number of ether oxygens (including phenoxy) is 2. The molecule has 34 heavy (non-hydrogen) atoms. The number of benzene rings is 3. The van der Waals surface area contributed by atoms with E-state index in [0.29, 0.717) is 6.61 Å². The van der Waals surface area contributed by atoms with Crippen molar-refractivity contribution >= 4 is 16.5 Å². The third kappa shape index (κ3) is 5.83. The standard InChI is InChI=1S/C29H38N2O3/c1-4-30(5-2)18-19-34-25-9-6-22(7-10-25)20-28-27-12-11-26(33-3)21-23(27)8-13-29(28)31-16-14-24(32)15-17-31/h6-13,21,24,32H,4-5,14-20H2,1-3H3. The van der Waals surface area contributed by atoms with Gasteiger partial charge in [-0.25, -0.2) is 0 Å². The maximum Gasteiger partial charge on any atom is 0.119 e. The van der Waals surface area contributed by atoms with E-state index in [1.165, 1.54) is 27.6 Å². The summed E-state index contributed by atoms with van der Waals surface area (Å²) in [7, 11) is 1.71. The molecule has 0 aliphatic carbocycles. The van der Waals surface area contributed by atoms with Crippen LogP contribution in [0.5, 0.6) is 11.5 Å². The van der Waals surface area contributed by atoms with Crippen molar-refractivity contribution in [3.05, 3.63) is 65.7 Å². The molecule has 5 heteroatoms. The number of likely N-dealkylation sites (N-methyl/N-ethyl adjacent to an activating group) is 1. The van der Waals surface area contributed by atoms with Crippen molar-refractivity contribution < 1.29 is 14.6 Å². The van der Waals surface area contributed by atoms with Gasteiger partial charge >= 0.3 is 0 Å². The lowest BCUT2D eigenvalue weighted by Gasteiger charge is -2.33. The van der Waals surface area contributed by atoms with E-state index >= 15 is 0 Å². The molecule has 4 rings (SSSR count). The van der Waals surface area contributed by atoms with Crippen LogP contribution in [-0.4, -0.2) is 62.6 Å². The highest BCUT2D eigenvalue weighted by atomic mass is 16.5. The molecule has 1 N–H and O–H groups in total. The zero-order valence-corrected chi connectivity index (χ0v) is 20.8. The van der Waals surface area contributed by atoms with Crippen molar-refractivity contribution in [2.75, 3.05) is 51.3 Å². The molecule has 1 saturated heterocycles. The van der Waals surface area contributed by atoms with Crippen LogP contribution in [0.2, 0.25) is 0 Å². The fourth-order valence-corrected chi connectivity index (χ4v) is 4.82. The van der Waals surface area contributed by atoms with Gasteiger partial charge in [-0.1, -0.05) is 38.1 Å². The third-order valence-electron chi connectivity index (χ3n) is 6.99. The van der Waals surface area contributed by atoms with E-state index < -0.39 is 0 Å². The first-order valence-corrected chi connectivity index (χ1v) is 12.6. The van der Waals surface area contributed by atoms with Crippen molar-refractivity contribution in [1.29, 1.82) is 0 Å². The molecule has 3 aromatic rings. The van der Waals surface area contributed by atoms with Gasteiger partial charge in [-0.2, -0.15) is 0 Å². The lowest BCUT2D eigenvalue weighted by atomic mass is 9.94. The molecule has 0 saturated carbocycles. The number of aliphatic hydroxyl groups is 1. The molecule has 0 atom stereocenters. The zero-order chi connectivity index (χ0) is 23.9. The second kappa shape index (κ2) is 11.6. The molecule has 0 radical (unpaired) electrons. The van der Waals surface area contributed by atoms with Crippen LogP contribution >= 0.6 is 0 Å². The summed E-state index contributed by atoms with van der Waals surface area (Å²) in [5, 5.41) is 12.4. The second-order valence-electron chi connectivity index (χ2n) is 9.06. The molecule has 182 valence electrons. The monoisotopic (exact) mass is 462 g/mol. The average molecular weight is 463 g/mol. The molecular formula is C29H38N2O3. The van der Waals surface area contributed by atoms with Crippen molar-refractivity contribution in [2.45, 2.75) is 39.2 Å². The Morgan fingerprint density at radius 1 is 0.941 bits per heavy atom. The maximum atomic E-state index is 10.00. The Balaban J connectivity index is 1.56. The van der Waals surface area contributed by atoms with Crippen molar-refractivity contribution in [1.82, 2.24) is 4.90 Å². The highest BCUT2D eigenvalue weighted by molar-refractivity contribution is 5.91. The predicted molar refractivity (Wildman–Crippen MR) is 140 cm³/mol. The highest BCUT2D eigenvalue weighted by Crippen LogP contribution is 2.34. The van der Waals surface area contributed by atoms with Gasteiger partial charge in [0.05, 0.1) is 13.2 Å². The summed E-state index contributed by atoms with van der Waals surface area (Å²) >= 11 is 0. The largest absolute Gasteiger partial charge is 0.497 e. The zero-order valence-electron chi connectivity index (χ0n) is 20.8. The Hall–Kier alpha value is -2.76. The fourth-order valence-electron chi connectivity index (χ4n) is 4.82. The average Bonchev–Trinajstić information content (AvgIpc) is 2.88. The summed E-state index contributed by atoms with van der Waals surface area (Å²) < 4.78 is 11.4. The fraction of sp³-hybridized carbons (Fsp3) is 0.448. The topological polar surface area (TPSA) is 45.2 Å². The highest BCUT2D eigenvalue weighted by Gasteiger charge is 2.21. The molecule has 0 spiro atoms. The molecule has 1 aliphatic heterocycles. The first-order valence-electron chi connectivity index (χ1n) is 12.6. The van der Waals surface area contributed by atoms with Gasteiger partial charge in [0.1, 0.15) is 18.1 Å². The predicted octanol–water partition coefficient (Wildman–Crippen LogP) is 5.12. The van der Waals surface area contributed by atoms with Crippen LogP contribution in [0.15, 0.2) is 54.6 Å². The summed E-state index contributed by atoms with van der Waals surface area (Å²) in [6.07, 6.45) is 2.30. The summed E-state index contributed by atoms with van der Waals surface area (Å²) in [6, 6.07) is 19.3. The SMILES string of the molecule is CCN(CC)CCOc1ccc(Cc2c(N3CCC(O)CC3)ccc3cc(OC)ccc23)cc1. The van der Waals surface area contributed by atoms with Gasteiger partial charge in [0.25, 0.3) is 0 Å². The van der Waals surface area contributed by atoms with Gasteiger partial charge in [-0.3, -0.25) is 0 Å². The van der Waals surface area contributed by atoms with Crippen LogP contribution in [0, 0.1) is 0 Å². The molecule has 0 bridgehead atoms. The van der Waals surface area contributed by atoms with E-state index in [1.807, 2.05) is 6.07 Å². The van der Waals surface area contributed by atoms with Crippen LogP contribution in [0.1, 0.15) is 37.8 Å². The van der Waals surface area contributed by atoms with E-state index in [-0.39, 0.29) is 6.10 Å². The first-order chi connectivity index (χ1) is 16.6. The first kappa shape index (κ1) is 24.4. The van der Waals surface area contributed by atoms with E-state index in [1.54, 1.807) is 7.11 Å². The van der Waals surface area contributed by atoms with Crippen molar-refractivity contribution in [2.24, 2.45) is 0 Å². The molecule has 0 unspecified atom stereocenters. The minimum absolute atomic E-state index is 0.182. The minimum Gasteiger partial charge on any atom is -0.497 e. The van der Waals surface area contributed by atoms with Crippen LogP contribution in [-0.2, 0) is 6.42 Å². The van der Waals surface area contributed by atoms with Gasteiger partial charge in [0, 0.05) is 31.7 Å². The van der Waals surface area contributed by atoms with E-state index in [4.69, 9.17) is 9.47 Å². The second-order valence-corrected chi connectivity index (χ2v) is 9.06. The van der Waals surface area contributed by atoms with E-state index in [9.17, 15) is 5.11 Å². The number of methoxy groups -OCH3 is 1. The van der Waals surface area contributed by atoms with Gasteiger partial charge in [-0.05, 0) is 78.2 Å².